The summed E-state index contributed by atoms with van der Waals surface area (Å²) in [6, 6.07) is 6.43. The van der Waals surface area contributed by atoms with Crippen molar-refractivity contribution in [3.63, 3.8) is 0 Å². The average molecular weight is 282 g/mol. The van der Waals surface area contributed by atoms with E-state index < -0.39 is 10.0 Å². The third-order valence-electron chi connectivity index (χ3n) is 3.92. The summed E-state index contributed by atoms with van der Waals surface area (Å²) in [4.78, 5) is 11.9. The van der Waals surface area contributed by atoms with Crippen LogP contribution in [0.4, 0.5) is 0 Å². The third kappa shape index (κ3) is 2.37. The normalized spacial score (nSPS) is 24.8. The number of carbonyl (C=O) groups is 1. The summed E-state index contributed by atoms with van der Waals surface area (Å²) in [5.41, 5.74) is 0.856. The number of nitrogens with two attached hydrogens (primary N) is 1. The van der Waals surface area contributed by atoms with E-state index in [-0.39, 0.29) is 28.1 Å². The fourth-order valence-corrected chi connectivity index (χ4v) is 3.28. The van der Waals surface area contributed by atoms with E-state index in [4.69, 9.17) is 5.14 Å². The van der Waals surface area contributed by atoms with Crippen LogP contribution in [0.15, 0.2) is 29.2 Å². The largest absolute Gasteiger partial charge is 0.359 e. The number of hydrogen-bond donors (Lipinski definition) is 2. The maximum atomic E-state index is 11.8. The Kier molecular flexibility index (Phi) is 3.18. The predicted octanol–water partition coefficient (Wildman–Crippen LogP) is 0.820. The van der Waals surface area contributed by atoms with Crippen LogP contribution in [0.5, 0.6) is 0 Å². The van der Waals surface area contributed by atoms with Crippen LogP contribution in [0, 0.1) is 11.3 Å². The van der Waals surface area contributed by atoms with Gasteiger partial charge in [0.25, 0.3) is 0 Å². The Bertz CT molecular complexity index is 605. The fraction of sp³-hybridized carbons (Fsp3) is 0.462. The maximum absolute atomic E-state index is 11.8. The van der Waals surface area contributed by atoms with Crippen molar-refractivity contribution in [2.75, 3.05) is 7.05 Å². The van der Waals surface area contributed by atoms with Gasteiger partial charge in [-0.3, -0.25) is 4.79 Å². The zero-order valence-corrected chi connectivity index (χ0v) is 12.0. The number of primary sulfonamides is 1. The van der Waals surface area contributed by atoms with Crippen LogP contribution in [0.3, 0.4) is 0 Å². The molecule has 1 amide bonds. The number of hydrogen-bond acceptors (Lipinski definition) is 3. The molecule has 0 aromatic heterocycles. The minimum absolute atomic E-state index is 0.0190. The Labute approximate surface area is 113 Å². The monoisotopic (exact) mass is 282 g/mol. The van der Waals surface area contributed by atoms with Gasteiger partial charge in [0.15, 0.2) is 0 Å². The maximum Gasteiger partial charge on any atom is 0.238 e. The lowest BCUT2D eigenvalue weighted by Crippen LogP contribution is -2.22. The van der Waals surface area contributed by atoms with Crippen LogP contribution in [0.25, 0.3) is 0 Å². The summed E-state index contributed by atoms with van der Waals surface area (Å²) in [6.45, 7) is 4.07. The molecule has 2 atom stereocenters. The van der Waals surface area contributed by atoms with Gasteiger partial charge in [-0.25, -0.2) is 13.6 Å². The third-order valence-corrected chi connectivity index (χ3v) is 4.85. The molecule has 6 heteroatoms. The molecule has 1 saturated carbocycles. The van der Waals surface area contributed by atoms with E-state index in [0.29, 0.717) is 0 Å². The van der Waals surface area contributed by atoms with Crippen LogP contribution in [-0.2, 0) is 14.8 Å². The van der Waals surface area contributed by atoms with Crippen molar-refractivity contribution in [2.45, 2.75) is 24.7 Å². The Hall–Kier alpha value is -1.40. The van der Waals surface area contributed by atoms with E-state index in [9.17, 15) is 13.2 Å². The van der Waals surface area contributed by atoms with Gasteiger partial charge in [-0.1, -0.05) is 26.0 Å². The number of benzene rings is 1. The molecule has 0 bridgehead atoms. The molecule has 1 fully saturated rings. The zero-order chi connectivity index (χ0) is 14.4. The van der Waals surface area contributed by atoms with E-state index in [2.05, 4.69) is 5.32 Å². The Morgan fingerprint density at radius 3 is 2.21 bits per heavy atom. The summed E-state index contributed by atoms with van der Waals surface area (Å²) in [5, 5.41) is 7.72. The van der Waals surface area contributed by atoms with Gasteiger partial charge in [0.2, 0.25) is 15.9 Å². The van der Waals surface area contributed by atoms with Crippen molar-refractivity contribution in [1.29, 1.82) is 0 Å². The molecule has 1 aliphatic carbocycles. The van der Waals surface area contributed by atoms with Gasteiger partial charge in [0.1, 0.15) is 0 Å². The highest BCUT2D eigenvalue weighted by atomic mass is 32.2. The molecule has 19 heavy (non-hydrogen) atoms. The Morgan fingerprint density at radius 2 is 1.79 bits per heavy atom. The molecule has 0 spiro atoms. The molecule has 3 N–H and O–H groups in total. The first-order valence-electron chi connectivity index (χ1n) is 6.04. The minimum atomic E-state index is -3.67. The standard InChI is InChI=1S/C13H18N2O3S/c1-13(2)10(11(13)12(16)15-3)8-4-6-9(7-5-8)19(14,17)18/h4-7,10-11H,1-3H3,(H,15,16)(H2,14,17,18). The molecule has 0 heterocycles. The fourth-order valence-electron chi connectivity index (χ4n) is 2.77. The van der Waals surface area contributed by atoms with E-state index in [1.807, 2.05) is 13.8 Å². The van der Waals surface area contributed by atoms with Crippen molar-refractivity contribution >= 4 is 15.9 Å². The summed E-state index contributed by atoms with van der Waals surface area (Å²) in [6.07, 6.45) is 0. The topological polar surface area (TPSA) is 89.3 Å². The van der Waals surface area contributed by atoms with Crippen molar-refractivity contribution in [2.24, 2.45) is 16.5 Å². The quantitative estimate of drug-likeness (QED) is 0.860. The molecule has 1 aliphatic rings. The van der Waals surface area contributed by atoms with E-state index >= 15 is 0 Å². The minimum Gasteiger partial charge on any atom is -0.359 e. The van der Waals surface area contributed by atoms with Crippen LogP contribution in [-0.4, -0.2) is 21.4 Å². The van der Waals surface area contributed by atoms with Crippen LogP contribution in [0.1, 0.15) is 25.3 Å². The highest BCUT2D eigenvalue weighted by molar-refractivity contribution is 7.89. The van der Waals surface area contributed by atoms with Crippen molar-refractivity contribution in [3.05, 3.63) is 29.8 Å². The second kappa shape index (κ2) is 4.31. The zero-order valence-electron chi connectivity index (χ0n) is 11.2. The van der Waals surface area contributed by atoms with Gasteiger partial charge in [0, 0.05) is 13.0 Å². The summed E-state index contributed by atoms with van der Waals surface area (Å²) < 4.78 is 22.4. The van der Waals surface area contributed by atoms with E-state index in [1.54, 1.807) is 19.2 Å². The smallest absolute Gasteiger partial charge is 0.238 e. The molecule has 2 rings (SSSR count). The molecule has 1 aromatic carbocycles. The molecule has 0 radical (unpaired) electrons. The lowest BCUT2D eigenvalue weighted by molar-refractivity contribution is -0.122. The molecule has 2 unspecified atom stereocenters. The first kappa shape index (κ1) is 14.0. The summed E-state index contributed by atoms with van der Waals surface area (Å²) in [7, 11) is -2.04. The molecule has 0 saturated heterocycles. The van der Waals surface area contributed by atoms with E-state index in [0.717, 1.165) is 5.56 Å². The number of carbonyl (C=O) groups excluding carboxylic acids is 1. The molecule has 5 nitrogen and oxygen atoms in total. The summed E-state index contributed by atoms with van der Waals surface area (Å²) >= 11 is 0. The molecular formula is C13H18N2O3S. The van der Waals surface area contributed by atoms with Gasteiger partial charge < -0.3 is 5.32 Å². The first-order valence-corrected chi connectivity index (χ1v) is 7.58. The number of amides is 1. The molecule has 0 aliphatic heterocycles. The van der Waals surface area contributed by atoms with Gasteiger partial charge in [-0.05, 0) is 23.1 Å². The number of sulfonamides is 1. The van der Waals surface area contributed by atoms with E-state index in [1.165, 1.54) is 12.1 Å². The number of rotatable bonds is 3. The number of nitrogens with one attached hydrogen (secondary N) is 1. The van der Waals surface area contributed by atoms with Crippen LogP contribution in [0.2, 0.25) is 0 Å². The molecule has 104 valence electrons. The predicted molar refractivity (Wildman–Crippen MR) is 71.9 cm³/mol. The molecule has 1 aromatic rings. The SMILES string of the molecule is CNC(=O)C1C(c2ccc(S(N)(=O)=O)cc2)C1(C)C. The highest BCUT2D eigenvalue weighted by Crippen LogP contribution is 2.64. The highest BCUT2D eigenvalue weighted by Gasteiger charge is 2.61. The summed E-state index contributed by atoms with van der Waals surface area (Å²) in [5.74, 6) is 0.0605. The van der Waals surface area contributed by atoms with Crippen LogP contribution >= 0.6 is 0 Å². The van der Waals surface area contributed by atoms with Gasteiger partial charge in [0.05, 0.1) is 10.8 Å². The van der Waals surface area contributed by atoms with Crippen LogP contribution < -0.4 is 10.5 Å². The lowest BCUT2D eigenvalue weighted by atomic mass is 10.0. The Morgan fingerprint density at radius 1 is 1.26 bits per heavy atom. The van der Waals surface area contributed by atoms with Crippen molar-refractivity contribution < 1.29 is 13.2 Å². The van der Waals surface area contributed by atoms with Gasteiger partial charge in [-0.15, -0.1) is 0 Å². The first-order chi connectivity index (χ1) is 8.69. The van der Waals surface area contributed by atoms with Gasteiger partial charge in [-0.2, -0.15) is 0 Å². The van der Waals surface area contributed by atoms with Crippen molar-refractivity contribution in [1.82, 2.24) is 5.32 Å². The second-order valence-corrected chi connectivity index (χ2v) is 7.07. The second-order valence-electron chi connectivity index (χ2n) is 5.51. The lowest BCUT2D eigenvalue weighted by Gasteiger charge is -2.04. The molecular weight excluding hydrogens is 264 g/mol. The van der Waals surface area contributed by atoms with Crippen molar-refractivity contribution in [3.8, 4) is 0 Å². The average Bonchev–Trinajstić information content (AvgIpc) is 2.90. The van der Waals surface area contributed by atoms with Gasteiger partial charge >= 0.3 is 0 Å². The Balaban J connectivity index is 2.28.